The minimum atomic E-state index is 0.157. The molecule has 1 aromatic heterocycles. The van der Waals surface area contributed by atoms with Crippen LogP contribution in [-0.2, 0) is 0 Å². The fourth-order valence-electron chi connectivity index (χ4n) is 2.00. The number of nitrogens with zero attached hydrogens (tertiary/aromatic N) is 2. The Bertz CT molecular complexity index is 757. The van der Waals surface area contributed by atoms with Crippen molar-refractivity contribution in [2.45, 2.75) is 6.92 Å². The van der Waals surface area contributed by atoms with Crippen LogP contribution in [0.25, 0.3) is 11.1 Å². The Morgan fingerprint density at radius 3 is 2.33 bits per heavy atom. The molecule has 0 aliphatic heterocycles. The fourth-order valence-corrected chi connectivity index (χ4v) is 2.13. The Morgan fingerprint density at radius 1 is 1.19 bits per heavy atom. The Balaban J connectivity index is 2.81. The summed E-state index contributed by atoms with van der Waals surface area (Å²) in [6, 6.07) is 10.9. The zero-order valence-electron chi connectivity index (χ0n) is 11.3. The summed E-state index contributed by atoms with van der Waals surface area (Å²) in [6.45, 7) is 2.17. The SMILES string of the molecule is CCOc1[nH+]c(N)c(C#N)c(-c2ccc(Cl)cc2)c1C#N. The van der Waals surface area contributed by atoms with E-state index in [0.29, 0.717) is 22.8 Å². The predicted octanol–water partition coefficient (Wildman–Crippen LogP) is 2.55. The molecule has 0 atom stereocenters. The maximum atomic E-state index is 9.43. The van der Waals surface area contributed by atoms with Crippen molar-refractivity contribution in [2.24, 2.45) is 0 Å². The molecule has 2 aromatic rings. The van der Waals surface area contributed by atoms with Gasteiger partial charge in [-0.3, -0.25) is 5.73 Å². The molecular formula is C15H12ClN4O+. The summed E-state index contributed by atoms with van der Waals surface area (Å²) in [5, 5.41) is 19.3. The highest BCUT2D eigenvalue weighted by molar-refractivity contribution is 6.30. The van der Waals surface area contributed by atoms with E-state index in [9.17, 15) is 10.5 Å². The van der Waals surface area contributed by atoms with Crippen molar-refractivity contribution >= 4 is 17.4 Å². The number of aromatic amines is 1. The standard InChI is InChI=1S/C15H11ClN4O/c1-2-21-15-12(8-18)13(11(7-17)14(19)20-15)9-3-5-10(16)6-4-9/h3-6H,2H2,1H3,(H2,19,20)/p+1. The van der Waals surface area contributed by atoms with E-state index in [1.807, 2.05) is 6.07 Å². The van der Waals surface area contributed by atoms with Crippen molar-refractivity contribution in [1.82, 2.24) is 0 Å². The summed E-state index contributed by atoms with van der Waals surface area (Å²) < 4.78 is 5.40. The van der Waals surface area contributed by atoms with E-state index in [2.05, 4.69) is 11.1 Å². The third kappa shape index (κ3) is 2.74. The van der Waals surface area contributed by atoms with Crippen LogP contribution in [0.3, 0.4) is 0 Å². The summed E-state index contributed by atoms with van der Waals surface area (Å²) in [4.78, 5) is 2.75. The van der Waals surface area contributed by atoms with Gasteiger partial charge in [-0.2, -0.15) is 10.5 Å². The molecule has 1 heterocycles. The molecule has 0 aliphatic carbocycles. The van der Waals surface area contributed by atoms with Gasteiger partial charge in [0.2, 0.25) is 0 Å². The normalized spacial score (nSPS) is 9.71. The molecule has 0 bridgehead atoms. The van der Waals surface area contributed by atoms with Crippen molar-refractivity contribution in [2.75, 3.05) is 12.3 Å². The molecule has 0 aliphatic rings. The van der Waals surface area contributed by atoms with Gasteiger partial charge >= 0.3 is 5.88 Å². The van der Waals surface area contributed by atoms with Gasteiger partial charge in [0.25, 0.3) is 5.82 Å². The molecule has 0 saturated carbocycles. The largest absolute Gasteiger partial charge is 0.462 e. The van der Waals surface area contributed by atoms with Crippen molar-refractivity contribution in [3.05, 3.63) is 40.4 Å². The molecule has 6 heteroatoms. The summed E-state index contributed by atoms with van der Waals surface area (Å²) in [5.74, 6) is 0.409. The second-order valence-corrected chi connectivity index (χ2v) is 4.59. The van der Waals surface area contributed by atoms with Crippen LogP contribution in [0.5, 0.6) is 5.88 Å². The van der Waals surface area contributed by atoms with Crippen LogP contribution < -0.4 is 15.5 Å². The van der Waals surface area contributed by atoms with Crippen LogP contribution in [-0.4, -0.2) is 6.61 Å². The number of hydrogen-bond donors (Lipinski definition) is 1. The van der Waals surface area contributed by atoms with Crippen LogP contribution in [0.1, 0.15) is 18.1 Å². The molecule has 0 radical (unpaired) electrons. The second kappa shape index (κ2) is 6.13. The van der Waals surface area contributed by atoms with Gasteiger partial charge in [0, 0.05) is 10.6 Å². The Morgan fingerprint density at radius 2 is 1.81 bits per heavy atom. The number of ether oxygens (including phenoxy) is 1. The fraction of sp³-hybridized carbons (Fsp3) is 0.133. The number of halogens is 1. The average Bonchev–Trinajstić information content (AvgIpc) is 2.48. The van der Waals surface area contributed by atoms with E-state index < -0.39 is 0 Å². The molecule has 2 rings (SSSR count). The Labute approximate surface area is 127 Å². The summed E-state index contributed by atoms with van der Waals surface area (Å²) in [7, 11) is 0. The monoisotopic (exact) mass is 299 g/mol. The van der Waals surface area contributed by atoms with E-state index in [1.165, 1.54) is 0 Å². The van der Waals surface area contributed by atoms with Crippen molar-refractivity contribution in [3.63, 3.8) is 0 Å². The van der Waals surface area contributed by atoms with Gasteiger partial charge in [-0.1, -0.05) is 23.7 Å². The van der Waals surface area contributed by atoms with Crippen molar-refractivity contribution in [1.29, 1.82) is 10.5 Å². The number of H-pyrrole nitrogens is 1. The van der Waals surface area contributed by atoms with E-state index >= 15 is 0 Å². The zero-order chi connectivity index (χ0) is 15.4. The van der Waals surface area contributed by atoms with Gasteiger partial charge in [0.05, 0.1) is 6.61 Å². The Kier molecular flexibility index (Phi) is 4.27. The molecule has 104 valence electrons. The maximum absolute atomic E-state index is 9.43. The van der Waals surface area contributed by atoms with Crippen molar-refractivity contribution in [3.8, 4) is 29.1 Å². The lowest BCUT2D eigenvalue weighted by Gasteiger charge is -2.10. The molecule has 0 fully saturated rings. The summed E-state index contributed by atoms with van der Waals surface area (Å²) in [6.07, 6.45) is 0. The van der Waals surface area contributed by atoms with E-state index in [-0.39, 0.29) is 22.8 Å². The number of aromatic nitrogens is 1. The zero-order valence-corrected chi connectivity index (χ0v) is 12.0. The van der Waals surface area contributed by atoms with Gasteiger partial charge in [0.15, 0.2) is 5.56 Å². The van der Waals surface area contributed by atoms with Gasteiger partial charge in [-0.15, -0.1) is 0 Å². The van der Waals surface area contributed by atoms with Crippen LogP contribution in [0.4, 0.5) is 5.82 Å². The first kappa shape index (κ1) is 14.6. The Hall–Kier alpha value is -2.76. The molecule has 1 aromatic carbocycles. The number of nitriles is 2. The van der Waals surface area contributed by atoms with Crippen LogP contribution in [0.15, 0.2) is 24.3 Å². The first-order valence-electron chi connectivity index (χ1n) is 6.20. The first-order chi connectivity index (χ1) is 10.1. The smallest absolute Gasteiger partial charge is 0.301 e. The number of pyridine rings is 1. The summed E-state index contributed by atoms with van der Waals surface area (Å²) >= 11 is 5.87. The lowest BCUT2D eigenvalue weighted by molar-refractivity contribution is -0.377. The third-order valence-corrected chi connectivity index (χ3v) is 3.14. The number of rotatable bonds is 3. The minimum Gasteiger partial charge on any atom is -0.462 e. The molecule has 0 saturated heterocycles. The van der Waals surface area contributed by atoms with E-state index in [0.717, 1.165) is 0 Å². The topological polar surface area (TPSA) is 97.0 Å². The number of nitrogens with one attached hydrogen (secondary N) is 1. The molecule has 0 amide bonds. The number of hydrogen-bond acceptors (Lipinski definition) is 4. The highest BCUT2D eigenvalue weighted by atomic mass is 35.5. The number of nitrogen functional groups attached to an aromatic ring is 1. The summed E-state index contributed by atoms with van der Waals surface area (Å²) in [5.41, 5.74) is 7.42. The molecule has 3 N–H and O–H groups in total. The average molecular weight is 300 g/mol. The number of benzene rings is 1. The highest BCUT2D eigenvalue weighted by Gasteiger charge is 2.24. The maximum Gasteiger partial charge on any atom is 0.301 e. The second-order valence-electron chi connectivity index (χ2n) is 4.16. The molecule has 0 spiro atoms. The minimum absolute atomic E-state index is 0.157. The lowest BCUT2D eigenvalue weighted by atomic mass is 9.96. The molecule has 5 nitrogen and oxygen atoms in total. The molecule has 0 unspecified atom stereocenters. The number of anilines is 1. The highest BCUT2D eigenvalue weighted by Crippen LogP contribution is 2.33. The quantitative estimate of drug-likeness (QED) is 0.941. The van der Waals surface area contributed by atoms with Crippen LogP contribution in [0, 0.1) is 22.7 Å². The first-order valence-corrected chi connectivity index (χ1v) is 6.57. The predicted molar refractivity (Wildman–Crippen MR) is 78.5 cm³/mol. The van der Waals surface area contributed by atoms with Gasteiger partial charge < -0.3 is 4.74 Å². The van der Waals surface area contributed by atoms with Crippen LogP contribution >= 0.6 is 11.6 Å². The van der Waals surface area contributed by atoms with Crippen LogP contribution in [0.2, 0.25) is 5.02 Å². The van der Waals surface area contributed by atoms with Gasteiger partial charge in [-0.25, -0.2) is 4.98 Å². The number of nitrogens with two attached hydrogens (primary N) is 1. The van der Waals surface area contributed by atoms with Gasteiger partial charge in [-0.05, 0) is 24.6 Å². The third-order valence-electron chi connectivity index (χ3n) is 2.89. The molecule has 21 heavy (non-hydrogen) atoms. The van der Waals surface area contributed by atoms with Gasteiger partial charge in [0.1, 0.15) is 17.7 Å². The van der Waals surface area contributed by atoms with E-state index in [4.69, 9.17) is 22.1 Å². The lowest BCUT2D eigenvalue weighted by Crippen LogP contribution is -2.19. The van der Waals surface area contributed by atoms with E-state index in [1.54, 1.807) is 31.2 Å². The van der Waals surface area contributed by atoms with Crippen molar-refractivity contribution < 1.29 is 9.72 Å². The molecular weight excluding hydrogens is 288 g/mol.